The average molecular weight is 529 g/mol. The summed E-state index contributed by atoms with van der Waals surface area (Å²) >= 11 is 12.5. The Labute approximate surface area is 221 Å². The summed E-state index contributed by atoms with van der Waals surface area (Å²) in [6, 6.07) is 14.7. The van der Waals surface area contributed by atoms with Crippen LogP contribution in [0.25, 0.3) is 0 Å². The number of nitriles is 1. The van der Waals surface area contributed by atoms with Gasteiger partial charge in [0.05, 0.1) is 6.07 Å². The first kappa shape index (κ1) is 26.1. The molecule has 1 unspecified atom stereocenters. The zero-order valence-corrected chi connectivity index (χ0v) is 21.6. The van der Waals surface area contributed by atoms with Crippen molar-refractivity contribution in [2.75, 3.05) is 50.7 Å². The zero-order chi connectivity index (χ0) is 25.5. The van der Waals surface area contributed by atoms with E-state index in [9.17, 15) is 9.59 Å². The molecule has 3 amide bonds. The highest BCUT2D eigenvalue weighted by Crippen LogP contribution is 2.26. The number of nitrogens with one attached hydrogen (secondary N) is 2. The number of urea groups is 1. The molecule has 0 aromatic heterocycles. The molecule has 190 valence electrons. The molecule has 2 fully saturated rings. The van der Waals surface area contributed by atoms with Gasteiger partial charge < -0.3 is 25.3 Å². The van der Waals surface area contributed by atoms with Crippen molar-refractivity contribution in [3.8, 4) is 6.07 Å². The lowest BCUT2D eigenvalue weighted by Crippen LogP contribution is -2.56. The number of para-hydroxylation sites is 1. The van der Waals surface area contributed by atoms with Crippen LogP contribution in [0.4, 0.5) is 10.5 Å². The second-order valence-corrected chi connectivity index (χ2v) is 9.75. The molecule has 8 nitrogen and oxygen atoms in total. The van der Waals surface area contributed by atoms with Gasteiger partial charge in [-0.05, 0) is 29.3 Å². The minimum atomic E-state index is -0.630. The number of piperazine rings is 1. The Bertz CT molecular complexity index is 1130. The molecular formula is C26H30Cl2N6O2. The molecule has 0 aliphatic carbocycles. The first-order chi connectivity index (χ1) is 17.5. The summed E-state index contributed by atoms with van der Waals surface area (Å²) in [5.74, 6) is -0.0656. The molecular weight excluding hydrogens is 499 g/mol. The van der Waals surface area contributed by atoms with Gasteiger partial charge in [-0.1, -0.05) is 47.5 Å². The van der Waals surface area contributed by atoms with E-state index in [1.165, 1.54) is 5.56 Å². The molecule has 2 aromatic carbocycles. The van der Waals surface area contributed by atoms with E-state index in [2.05, 4.69) is 33.7 Å². The molecule has 2 aliphatic heterocycles. The van der Waals surface area contributed by atoms with Crippen LogP contribution in [0, 0.1) is 11.3 Å². The summed E-state index contributed by atoms with van der Waals surface area (Å²) in [5.41, 5.74) is 3.09. The number of amides is 3. The molecule has 10 heteroatoms. The number of carbonyl (C=O) groups is 2. The monoisotopic (exact) mass is 528 g/mol. The molecule has 2 N–H and O–H groups in total. The number of hydrogen-bond donors (Lipinski definition) is 2. The third-order valence-corrected chi connectivity index (χ3v) is 7.22. The van der Waals surface area contributed by atoms with Gasteiger partial charge in [0.2, 0.25) is 5.91 Å². The van der Waals surface area contributed by atoms with E-state index < -0.39 is 6.04 Å². The van der Waals surface area contributed by atoms with E-state index in [4.69, 9.17) is 28.5 Å². The smallest absolute Gasteiger partial charge is 0.318 e. The van der Waals surface area contributed by atoms with Crippen molar-refractivity contribution in [3.05, 3.63) is 63.6 Å². The minimum Gasteiger partial charge on any atom is -0.368 e. The SMILES string of the molecule is N#CCCNCc1ccccc1N1CCN(C(=O)C(Cc2ccc(Cl)cc2Cl)N2CCNC2=O)CC1. The maximum absolute atomic E-state index is 13.7. The quantitative estimate of drug-likeness (QED) is 0.487. The van der Waals surface area contributed by atoms with Crippen LogP contribution in [-0.4, -0.2) is 73.6 Å². The molecule has 2 heterocycles. The van der Waals surface area contributed by atoms with Crippen LogP contribution in [0.2, 0.25) is 10.0 Å². The maximum atomic E-state index is 13.7. The normalized spacial score (nSPS) is 16.6. The van der Waals surface area contributed by atoms with Crippen LogP contribution in [0.15, 0.2) is 42.5 Å². The van der Waals surface area contributed by atoms with Gasteiger partial charge in [-0.25, -0.2) is 4.79 Å². The largest absolute Gasteiger partial charge is 0.368 e. The Kier molecular flexibility index (Phi) is 8.92. The van der Waals surface area contributed by atoms with Gasteiger partial charge in [-0.2, -0.15) is 5.26 Å². The van der Waals surface area contributed by atoms with Crippen molar-refractivity contribution in [2.24, 2.45) is 0 Å². The molecule has 36 heavy (non-hydrogen) atoms. The first-order valence-corrected chi connectivity index (χ1v) is 12.9. The van der Waals surface area contributed by atoms with Crippen LogP contribution in [0.1, 0.15) is 17.5 Å². The standard InChI is InChI=1S/C26H30Cl2N6O2/c27-21-7-6-19(22(28)17-21)16-24(34-11-10-31-26(34)36)25(35)33-14-12-32(13-15-33)23-5-2-1-4-20(23)18-30-9-3-8-29/h1-2,4-7,17,24,30H,3,9-16,18H2,(H,31,36). The predicted molar refractivity (Wildman–Crippen MR) is 141 cm³/mol. The molecule has 1 atom stereocenters. The highest BCUT2D eigenvalue weighted by atomic mass is 35.5. The number of hydrogen-bond acceptors (Lipinski definition) is 5. The van der Waals surface area contributed by atoms with Crippen LogP contribution >= 0.6 is 23.2 Å². The molecule has 2 aromatic rings. The van der Waals surface area contributed by atoms with Gasteiger partial charge in [-0.3, -0.25) is 4.79 Å². The van der Waals surface area contributed by atoms with E-state index in [1.807, 2.05) is 23.1 Å². The molecule has 0 radical (unpaired) electrons. The molecule has 0 saturated carbocycles. The summed E-state index contributed by atoms with van der Waals surface area (Å²) in [5, 5.41) is 15.9. The summed E-state index contributed by atoms with van der Waals surface area (Å²) in [7, 11) is 0. The first-order valence-electron chi connectivity index (χ1n) is 12.2. The van der Waals surface area contributed by atoms with Gasteiger partial charge in [0.1, 0.15) is 6.04 Å². The topological polar surface area (TPSA) is 91.7 Å². The Balaban J connectivity index is 1.44. The Morgan fingerprint density at radius 1 is 1.08 bits per heavy atom. The molecule has 2 aliphatic rings. The van der Waals surface area contributed by atoms with Crippen molar-refractivity contribution in [2.45, 2.75) is 25.4 Å². The van der Waals surface area contributed by atoms with Crippen molar-refractivity contribution >= 4 is 40.8 Å². The fraction of sp³-hybridized carbons (Fsp3) is 0.423. The van der Waals surface area contributed by atoms with E-state index in [1.54, 1.807) is 17.0 Å². The Morgan fingerprint density at radius 2 is 1.86 bits per heavy atom. The van der Waals surface area contributed by atoms with E-state index >= 15 is 0 Å². The second-order valence-electron chi connectivity index (χ2n) is 8.91. The van der Waals surface area contributed by atoms with Crippen molar-refractivity contribution in [1.82, 2.24) is 20.4 Å². The van der Waals surface area contributed by atoms with Gasteiger partial charge >= 0.3 is 6.03 Å². The average Bonchev–Trinajstić information content (AvgIpc) is 3.31. The van der Waals surface area contributed by atoms with Crippen molar-refractivity contribution < 1.29 is 9.59 Å². The number of halogens is 2. The lowest BCUT2D eigenvalue weighted by atomic mass is 10.0. The van der Waals surface area contributed by atoms with Crippen molar-refractivity contribution in [1.29, 1.82) is 5.26 Å². The van der Waals surface area contributed by atoms with Gasteiger partial charge in [0, 0.05) is 80.9 Å². The van der Waals surface area contributed by atoms with Gasteiger partial charge in [-0.15, -0.1) is 0 Å². The fourth-order valence-corrected chi connectivity index (χ4v) is 5.21. The summed E-state index contributed by atoms with van der Waals surface area (Å²) in [6.45, 7) is 4.85. The highest BCUT2D eigenvalue weighted by Gasteiger charge is 2.37. The summed E-state index contributed by atoms with van der Waals surface area (Å²) < 4.78 is 0. The number of nitrogens with zero attached hydrogens (tertiary/aromatic N) is 4. The molecule has 0 bridgehead atoms. The van der Waals surface area contributed by atoms with Gasteiger partial charge in [0.25, 0.3) is 0 Å². The van der Waals surface area contributed by atoms with Gasteiger partial charge in [0.15, 0.2) is 0 Å². The Morgan fingerprint density at radius 3 is 2.56 bits per heavy atom. The molecule has 0 spiro atoms. The van der Waals surface area contributed by atoms with E-state index in [0.717, 1.165) is 11.3 Å². The lowest BCUT2D eigenvalue weighted by Gasteiger charge is -2.39. The third kappa shape index (κ3) is 6.22. The number of benzene rings is 2. The van der Waals surface area contributed by atoms with E-state index in [0.29, 0.717) is 75.2 Å². The lowest BCUT2D eigenvalue weighted by molar-refractivity contribution is -0.136. The predicted octanol–water partition coefficient (Wildman–Crippen LogP) is 3.28. The summed E-state index contributed by atoms with van der Waals surface area (Å²) in [4.78, 5) is 32.0. The van der Waals surface area contributed by atoms with Crippen LogP contribution in [0.3, 0.4) is 0 Å². The highest BCUT2D eigenvalue weighted by molar-refractivity contribution is 6.35. The number of carbonyl (C=O) groups excluding carboxylic acids is 2. The minimum absolute atomic E-state index is 0.0656. The van der Waals surface area contributed by atoms with Crippen LogP contribution in [0.5, 0.6) is 0 Å². The van der Waals surface area contributed by atoms with Crippen LogP contribution < -0.4 is 15.5 Å². The molecule has 2 saturated heterocycles. The third-order valence-electron chi connectivity index (χ3n) is 6.63. The zero-order valence-electron chi connectivity index (χ0n) is 20.1. The maximum Gasteiger partial charge on any atom is 0.318 e. The summed E-state index contributed by atoms with van der Waals surface area (Å²) in [6.07, 6.45) is 0.806. The van der Waals surface area contributed by atoms with Crippen LogP contribution in [-0.2, 0) is 17.8 Å². The van der Waals surface area contributed by atoms with Crippen molar-refractivity contribution in [3.63, 3.8) is 0 Å². The molecule has 4 rings (SSSR count). The fourth-order valence-electron chi connectivity index (χ4n) is 4.72. The second kappa shape index (κ2) is 12.3. The number of anilines is 1. The van der Waals surface area contributed by atoms with E-state index in [-0.39, 0.29) is 11.9 Å². The Hall–Kier alpha value is -2.99. The number of rotatable bonds is 9.